The summed E-state index contributed by atoms with van der Waals surface area (Å²) in [5.74, 6) is 1.39. The average molecular weight is 206 g/mol. The maximum atomic E-state index is 11.5. The van der Waals surface area contributed by atoms with Crippen molar-refractivity contribution in [3.8, 4) is 0 Å². The minimum atomic E-state index is 0.359. The van der Waals surface area contributed by atoms with E-state index in [-0.39, 0.29) is 0 Å². The first-order valence-corrected chi connectivity index (χ1v) is 5.70. The number of ketones is 1. The fourth-order valence-electron chi connectivity index (χ4n) is 2.52. The van der Waals surface area contributed by atoms with Gasteiger partial charge >= 0.3 is 0 Å². The van der Waals surface area contributed by atoms with E-state index in [4.69, 9.17) is 0 Å². The molecule has 1 aliphatic rings. The monoisotopic (exact) mass is 206 g/mol. The zero-order chi connectivity index (χ0) is 10.8. The molecular formula is C12H18N2O. The maximum absolute atomic E-state index is 11.5. The molecule has 0 aromatic carbocycles. The number of nitrogens with zero attached hydrogens (tertiary/aromatic N) is 2. The largest absolute Gasteiger partial charge is 0.340 e. The number of hydrogen-bond acceptors (Lipinski definition) is 2. The molecule has 0 saturated heterocycles. The van der Waals surface area contributed by atoms with E-state index in [1.54, 1.807) is 0 Å². The van der Waals surface area contributed by atoms with Crippen molar-refractivity contribution in [3.63, 3.8) is 0 Å². The number of rotatable bonds is 2. The van der Waals surface area contributed by atoms with E-state index in [0.717, 1.165) is 25.0 Å². The number of aryl methyl sites for hydroxylation is 1. The van der Waals surface area contributed by atoms with Crippen molar-refractivity contribution in [1.29, 1.82) is 0 Å². The molecule has 2 rings (SSSR count). The molecule has 82 valence electrons. The molecule has 1 fully saturated rings. The fraction of sp³-hybridized carbons (Fsp3) is 0.667. The Kier molecular flexibility index (Phi) is 2.89. The molecule has 0 radical (unpaired) electrons. The van der Waals surface area contributed by atoms with Gasteiger partial charge in [-0.2, -0.15) is 0 Å². The third-order valence-electron chi connectivity index (χ3n) is 3.44. The summed E-state index contributed by atoms with van der Waals surface area (Å²) >= 11 is 0. The molecule has 2 unspecified atom stereocenters. The summed E-state index contributed by atoms with van der Waals surface area (Å²) in [6.07, 6.45) is 7.51. The molecule has 1 aliphatic carbocycles. The Hall–Kier alpha value is -1.12. The molecule has 0 bridgehead atoms. The van der Waals surface area contributed by atoms with E-state index in [0.29, 0.717) is 24.0 Å². The molecule has 15 heavy (non-hydrogen) atoms. The zero-order valence-corrected chi connectivity index (χ0v) is 9.44. The molecule has 1 aromatic rings. The lowest BCUT2D eigenvalue weighted by atomic mass is 9.76. The first-order valence-electron chi connectivity index (χ1n) is 5.70. The van der Waals surface area contributed by atoms with Crippen LogP contribution < -0.4 is 0 Å². The number of carbonyl (C=O) groups excluding carboxylic acids is 1. The summed E-state index contributed by atoms with van der Waals surface area (Å²) in [6, 6.07) is 0. The van der Waals surface area contributed by atoms with Crippen LogP contribution in [0.3, 0.4) is 0 Å². The normalized spacial score (nSPS) is 26.9. The first-order chi connectivity index (χ1) is 7.20. The van der Waals surface area contributed by atoms with Gasteiger partial charge in [-0.05, 0) is 12.3 Å². The van der Waals surface area contributed by atoms with Crippen LogP contribution in [0.1, 0.15) is 44.2 Å². The van der Waals surface area contributed by atoms with E-state index >= 15 is 0 Å². The Balaban J connectivity index is 2.20. The Bertz CT molecular complexity index is 356. The minimum absolute atomic E-state index is 0.359. The van der Waals surface area contributed by atoms with Crippen LogP contribution in [-0.4, -0.2) is 15.3 Å². The highest BCUT2D eigenvalue weighted by Gasteiger charge is 2.30. The number of hydrogen-bond donors (Lipinski definition) is 0. The van der Waals surface area contributed by atoms with E-state index < -0.39 is 0 Å². The molecule has 1 aromatic heterocycles. The van der Waals surface area contributed by atoms with Gasteiger partial charge in [-0.25, -0.2) is 4.98 Å². The molecule has 0 aliphatic heterocycles. The van der Waals surface area contributed by atoms with Crippen LogP contribution in [0.2, 0.25) is 0 Å². The molecule has 0 spiro atoms. The average Bonchev–Trinajstić information content (AvgIpc) is 2.65. The number of carbonyl (C=O) groups is 1. The first kappa shape index (κ1) is 10.4. The Morgan fingerprint density at radius 3 is 3.00 bits per heavy atom. The van der Waals surface area contributed by atoms with Gasteiger partial charge in [0.2, 0.25) is 0 Å². The van der Waals surface area contributed by atoms with Gasteiger partial charge in [0, 0.05) is 32.0 Å². The van der Waals surface area contributed by atoms with Gasteiger partial charge in [0.1, 0.15) is 5.78 Å². The predicted octanol–water partition coefficient (Wildman–Crippen LogP) is 2.28. The molecule has 1 saturated carbocycles. The lowest BCUT2D eigenvalue weighted by molar-refractivity contribution is -0.121. The number of aromatic nitrogens is 2. The van der Waals surface area contributed by atoms with Crippen molar-refractivity contribution in [3.05, 3.63) is 18.2 Å². The Morgan fingerprint density at radius 1 is 1.60 bits per heavy atom. The topological polar surface area (TPSA) is 34.9 Å². The van der Waals surface area contributed by atoms with Crippen molar-refractivity contribution >= 4 is 5.78 Å². The molecule has 3 nitrogen and oxygen atoms in total. The zero-order valence-electron chi connectivity index (χ0n) is 9.44. The van der Waals surface area contributed by atoms with Crippen LogP contribution in [0.5, 0.6) is 0 Å². The summed E-state index contributed by atoms with van der Waals surface area (Å²) in [7, 11) is 1.97. The number of imidazole rings is 1. The second-order valence-corrected chi connectivity index (χ2v) is 4.52. The third-order valence-corrected chi connectivity index (χ3v) is 3.44. The van der Waals surface area contributed by atoms with Gasteiger partial charge in [-0.3, -0.25) is 4.79 Å². The summed E-state index contributed by atoms with van der Waals surface area (Å²) < 4.78 is 1.96. The van der Waals surface area contributed by atoms with Crippen LogP contribution in [0.15, 0.2) is 12.5 Å². The highest BCUT2D eigenvalue weighted by atomic mass is 16.1. The molecular weight excluding hydrogens is 188 g/mol. The number of Topliss-reactive ketones (excluding diaryl/α,β-unsaturated/α-hetero) is 1. The van der Waals surface area contributed by atoms with Crippen LogP contribution >= 0.6 is 0 Å². The van der Waals surface area contributed by atoms with Crippen molar-refractivity contribution in [2.24, 2.45) is 13.0 Å². The lowest BCUT2D eigenvalue weighted by Gasteiger charge is -2.28. The Labute approximate surface area is 90.5 Å². The fourth-order valence-corrected chi connectivity index (χ4v) is 2.52. The smallest absolute Gasteiger partial charge is 0.133 e. The van der Waals surface area contributed by atoms with E-state index in [9.17, 15) is 4.79 Å². The van der Waals surface area contributed by atoms with Crippen molar-refractivity contribution in [1.82, 2.24) is 9.55 Å². The Morgan fingerprint density at radius 2 is 2.40 bits per heavy atom. The summed E-state index contributed by atoms with van der Waals surface area (Å²) in [6.45, 7) is 2.20. The lowest BCUT2D eigenvalue weighted by Crippen LogP contribution is -2.23. The van der Waals surface area contributed by atoms with Crippen molar-refractivity contribution in [2.45, 2.75) is 38.5 Å². The summed E-state index contributed by atoms with van der Waals surface area (Å²) in [5.41, 5.74) is 1.09. The van der Waals surface area contributed by atoms with Crippen molar-refractivity contribution < 1.29 is 4.79 Å². The molecule has 0 amide bonds. The summed E-state index contributed by atoms with van der Waals surface area (Å²) in [5, 5.41) is 0. The second-order valence-electron chi connectivity index (χ2n) is 4.52. The van der Waals surface area contributed by atoms with Gasteiger partial charge < -0.3 is 4.57 Å². The highest BCUT2D eigenvalue weighted by molar-refractivity contribution is 5.80. The standard InChI is InChI=1S/C12H18N2O/c1-3-9-4-5-10(15)6-11(9)12-7-14(2)8-13-12/h7-9,11H,3-6H2,1-2H3. The van der Waals surface area contributed by atoms with Gasteiger partial charge in [0.25, 0.3) is 0 Å². The van der Waals surface area contributed by atoms with Crippen LogP contribution in [0.25, 0.3) is 0 Å². The van der Waals surface area contributed by atoms with Crippen molar-refractivity contribution in [2.75, 3.05) is 0 Å². The molecule has 2 atom stereocenters. The van der Waals surface area contributed by atoms with Crippen LogP contribution in [-0.2, 0) is 11.8 Å². The molecule has 3 heteroatoms. The predicted molar refractivity (Wildman–Crippen MR) is 58.6 cm³/mol. The van der Waals surface area contributed by atoms with Crippen LogP contribution in [0, 0.1) is 5.92 Å². The van der Waals surface area contributed by atoms with Gasteiger partial charge in [-0.15, -0.1) is 0 Å². The summed E-state index contributed by atoms with van der Waals surface area (Å²) in [4.78, 5) is 15.9. The minimum Gasteiger partial charge on any atom is -0.340 e. The van der Waals surface area contributed by atoms with E-state index in [1.807, 2.05) is 24.1 Å². The van der Waals surface area contributed by atoms with Gasteiger partial charge in [-0.1, -0.05) is 13.3 Å². The highest BCUT2D eigenvalue weighted by Crippen LogP contribution is 2.37. The maximum Gasteiger partial charge on any atom is 0.133 e. The van der Waals surface area contributed by atoms with Gasteiger partial charge in [0.05, 0.1) is 12.0 Å². The van der Waals surface area contributed by atoms with E-state index in [1.165, 1.54) is 0 Å². The third kappa shape index (κ3) is 2.11. The van der Waals surface area contributed by atoms with Gasteiger partial charge in [0.15, 0.2) is 0 Å². The van der Waals surface area contributed by atoms with E-state index in [2.05, 4.69) is 11.9 Å². The SMILES string of the molecule is CCC1CCC(=O)CC1c1cn(C)cn1. The second kappa shape index (κ2) is 4.17. The molecule has 0 N–H and O–H groups in total. The van der Waals surface area contributed by atoms with Crippen LogP contribution in [0.4, 0.5) is 0 Å². The quantitative estimate of drug-likeness (QED) is 0.744. The molecule has 1 heterocycles.